The number of benzene rings is 2. The van der Waals surface area contributed by atoms with E-state index in [2.05, 4.69) is 0 Å². The Kier molecular flexibility index (Phi) is 5.28. The molecule has 0 aliphatic carbocycles. The summed E-state index contributed by atoms with van der Waals surface area (Å²) >= 11 is 0. The van der Waals surface area contributed by atoms with Crippen LogP contribution in [-0.2, 0) is 19.0 Å². The van der Waals surface area contributed by atoms with Crippen molar-refractivity contribution in [3.63, 3.8) is 0 Å². The molecule has 0 bridgehead atoms. The molecule has 2 aromatic carbocycles. The number of rotatable bonds is 5. The second-order valence-electron chi connectivity index (χ2n) is 5.62. The molecule has 1 aliphatic rings. The van der Waals surface area contributed by atoms with Crippen LogP contribution in [0.15, 0.2) is 60.7 Å². The van der Waals surface area contributed by atoms with Crippen LogP contribution in [0.4, 0.5) is 0 Å². The smallest absolute Gasteiger partial charge is 0.339 e. The van der Waals surface area contributed by atoms with Gasteiger partial charge in [0.25, 0.3) is 0 Å². The van der Waals surface area contributed by atoms with Gasteiger partial charge in [0.1, 0.15) is 6.61 Å². The molecule has 7 nitrogen and oxygen atoms in total. The molecule has 1 N–H and O–H groups in total. The number of hydrogen-bond acceptors (Lipinski definition) is 7. The van der Waals surface area contributed by atoms with Crippen molar-refractivity contribution >= 4 is 17.9 Å². The van der Waals surface area contributed by atoms with E-state index in [9.17, 15) is 19.5 Å². The van der Waals surface area contributed by atoms with Crippen LogP contribution >= 0.6 is 0 Å². The van der Waals surface area contributed by atoms with Crippen molar-refractivity contribution in [1.82, 2.24) is 0 Å². The lowest BCUT2D eigenvalue weighted by atomic mass is 10.1. The van der Waals surface area contributed by atoms with Crippen molar-refractivity contribution in [1.29, 1.82) is 0 Å². The SMILES string of the molecule is O=C(OC[C@H]1OC(=O)[C@@H](O)[C@@H]1OC(=O)c1ccccc1)c1ccccc1. The number of carbonyl (C=O) groups is 3. The molecule has 0 aromatic heterocycles. The molecule has 3 atom stereocenters. The summed E-state index contributed by atoms with van der Waals surface area (Å²) in [7, 11) is 0. The number of esters is 3. The lowest BCUT2D eigenvalue weighted by Gasteiger charge is -2.19. The highest BCUT2D eigenvalue weighted by Gasteiger charge is 2.47. The molecule has 0 unspecified atom stereocenters. The van der Waals surface area contributed by atoms with Gasteiger partial charge in [-0.2, -0.15) is 0 Å². The molecule has 1 aliphatic heterocycles. The van der Waals surface area contributed by atoms with Crippen molar-refractivity contribution in [3.8, 4) is 0 Å². The predicted octanol–water partition coefficient (Wildman–Crippen LogP) is 1.36. The van der Waals surface area contributed by atoms with Gasteiger partial charge in [-0.1, -0.05) is 36.4 Å². The Balaban J connectivity index is 1.64. The van der Waals surface area contributed by atoms with Crippen LogP contribution in [-0.4, -0.2) is 47.9 Å². The van der Waals surface area contributed by atoms with Crippen LogP contribution in [0.2, 0.25) is 0 Å². The van der Waals surface area contributed by atoms with Gasteiger partial charge < -0.3 is 19.3 Å². The van der Waals surface area contributed by atoms with E-state index in [0.29, 0.717) is 5.56 Å². The van der Waals surface area contributed by atoms with Gasteiger partial charge in [-0.25, -0.2) is 14.4 Å². The summed E-state index contributed by atoms with van der Waals surface area (Å²) in [6, 6.07) is 16.4. The highest BCUT2D eigenvalue weighted by molar-refractivity contribution is 5.90. The van der Waals surface area contributed by atoms with E-state index in [-0.39, 0.29) is 12.2 Å². The fourth-order valence-corrected chi connectivity index (χ4v) is 2.47. The molecule has 0 spiro atoms. The third-order valence-corrected chi connectivity index (χ3v) is 3.83. The Hall–Kier alpha value is -3.19. The van der Waals surface area contributed by atoms with Crippen LogP contribution in [0.3, 0.4) is 0 Å². The quantitative estimate of drug-likeness (QED) is 0.638. The molecule has 134 valence electrons. The van der Waals surface area contributed by atoms with E-state index in [1.165, 1.54) is 12.1 Å². The molecule has 0 radical (unpaired) electrons. The zero-order chi connectivity index (χ0) is 18.5. The van der Waals surface area contributed by atoms with Crippen LogP contribution in [0.5, 0.6) is 0 Å². The minimum Gasteiger partial charge on any atom is -0.458 e. The van der Waals surface area contributed by atoms with Crippen LogP contribution in [0.1, 0.15) is 20.7 Å². The van der Waals surface area contributed by atoms with Crippen molar-refractivity contribution in [2.45, 2.75) is 18.3 Å². The number of cyclic esters (lactones) is 1. The molecule has 1 heterocycles. The minimum absolute atomic E-state index is 0.263. The maximum Gasteiger partial charge on any atom is 0.339 e. The van der Waals surface area contributed by atoms with E-state index in [4.69, 9.17) is 14.2 Å². The zero-order valence-electron chi connectivity index (χ0n) is 13.6. The standard InChI is InChI=1S/C19H16O7/c20-15-16(26-18(22)13-9-5-2-6-10-13)14(25-19(15)23)11-24-17(21)12-7-3-1-4-8-12/h1-10,14-16,20H,11H2/t14-,15+,16-/m1/s1. The summed E-state index contributed by atoms with van der Waals surface area (Å²) in [6.07, 6.45) is -3.99. The second kappa shape index (κ2) is 7.79. The maximum atomic E-state index is 12.2. The Morgan fingerprint density at radius 1 is 0.923 bits per heavy atom. The number of hydrogen-bond donors (Lipinski definition) is 1. The maximum absolute atomic E-state index is 12.2. The molecular formula is C19H16O7. The molecular weight excluding hydrogens is 340 g/mol. The molecule has 1 saturated heterocycles. The summed E-state index contributed by atoms with van der Waals surface area (Å²) in [5, 5.41) is 9.91. The summed E-state index contributed by atoms with van der Waals surface area (Å²) in [6.45, 7) is -0.344. The fraction of sp³-hybridized carbons (Fsp3) is 0.211. The largest absolute Gasteiger partial charge is 0.458 e. The average molecular weight is 356 g/mol. The van der Waals surface area contributed by atoms with Gasteiger partial charge in [0.15, 0.2) is 18.3 Å². The highest BCUT2D eigenvalue weighted by atomic mass is 16.6. The van der Waals surface area contributed by atoms with Crippen LogP contribution in [0.25, 0.3) is 0 Å². The van der Waals surface area contributed by atoms with Crippen molar-refractivity contribution in [2.24, 2.45) is 0 Å². The van der Waals surface area contributed by atoms with E-state index in [0.717, 1.165) is 0 Å². The number of ether oxygens (including phenoxy) is 3. The third kappa shape index (κ3) is 3.89. The van der Waals surface area contributed by atoms with E-state index < -0.39 is 36.2 Å². The topological polar surface area (TPSA) is 99.1 Å². The normalized spacial score (nSPS) is 21.7. The average Bonchev–Trinajstić information content (AvgIpc) is 2.95. The van der Waals surface area contributed by atoms with Crippen LogP contribution in [0, 0.1) is 0 Å². The van der Waals surface area contributed by atoms with Gasteiger partial charge in [-0.05, 0) is 24.3 Å². The Bertz CT molecular complexity index is 788. The zero-order valence-corrected chi connectivity index (χ0v) is 13.6. The summed E-state index contributed by atoms with van der Waals surface area (Å²) in [5.41, 5.74) is 0.592. The highest BCUT2D eigenvalue weighted by Crippen LogP contribution is 2.21. The first-order valence-corrected chi connectivity index (χ1v) is 7.93. The van der Waals surface area contributed by atoms with Gasteiger partial charge in [0.05, 0.1) is 11.1 Å². The Labute approximate surface area is 149 Å². The molecule has 26 heavy (non-hydrogen) atoms. The van der Waals surface area contributed by atoms with Gasteiger partial charge in [0, 0.05) is 0 Å². The van der Waals surface area contributed by atoms with Crippen molar-refractivity contribution in [2.75, 3.05) is 6.61 Å². The minimum atomic E-state index is -1.64. The third-order valence-electron chi connectivity index (χ3n) is 3.83. The Morgan fingerprint density at radius 2 is 1.46 bits per heavy atom. The lowest BCUT2D eigenvalue weighted by molar-refractivity contribution is -0.148. The lowest BCUT2D eigenvalue weighted by Crippen LogP contribution is -2.38. The Morgan fingerprint density at radius 3 is 2.04 bits per heavy atom. The van der Waals surface area contributed by atoms with E-state index in [1.54, 1.807) is 48.5 Å². The first-order valence-electron chi connectivity index (χ1n) is 7.93. The van der Waals surface area contributed by atoms with Gasteiger partial charge in [0.2, 0.25) is 0 Å². The number of aliphatic hydroxyl groups is 1. The van der Waals surface area contributed by atoms with Gasteiger partial charge in [-0.3, -0.25) is 0 Å². The van der Waals surface area contributed by atoms with Gasteiger partial charge in [-0.15, -0.1) is 0 Å². The molecule has 0 amide bonds. The van der Waals surface area contributed by atoms with E-state index >= 15 is 0 Å². The van der Waals surface area contributed by atoms with E-state index in [1.807, 2.05) is 0 Å². The van der Waals surface area contributed by atoms with Crippen molar-refractivity contribution in [3.05, 3.63) is 71.8 Å². The van der Waals surface area contributed by atoms with Crippen LogP contribution < -0.4 is 0 Å². The van der Waals surface area contributed by atoms with Gasteiger partial charge >= 0.3 is 17.9 Å². The molecule has 7 heteroatoms. The summed E-state index contributed by atoms with van der Waals surface area (Å²) in [4.78, 5) is 35.8. The summed E-state index contributed by atoms with van der Waals surface area (Å²) in [5.74, 6) is -2.26. The fourth-order valence-electron chi connectivity index (χ4n) is 2.47. The molecule has 1 fully saturated rings. The second-order valence-corrected chi connectivity index (χ2v) is 5.62. The monoisotopic (exact) mass is 356 g/mol. The molecule has 3 rings (SSSR count). The van der Waals surface area contributed by atoms with Crippen molar-refractivity contribution < 1.29 is 33.7 Å². The number of aliphatic hydroxyl groups excluding tert-OH is 1. The number of carbonyl (C=O) groups excluding carboxylic acids is 3. The first kappa shape index (κ1) is 17.6. The predicted molar refractivity (Wildman–Crippen MR) is 88.3 cm³/mol. The summed E-state index contributed by atoms with van der Waals surface area (Å²) < 4.78 is 15.3. The molecule has 0 saturated carbocycles. The first-order chi connectivity index (χ1) is 12.6. The molecule has 2 aromatic rings.